The van der Waals surface area contributed by atoms with Crippen molar-refractivity contribution in [2.45, 2.75) is 45.4 Å². The van der Waals surface area contributed by atoms with Crippen molar-refractivity contribution < 1.29 is 19.1 Å². The minimum atomic E-state index is -0.441. The van der Waals surface area contributed by atoms with Crippen LogP contribution in [-0.2, 0) is 20.7 Å². The quantitative estimate of drug-likeness (QED) is 0.683. The fraction of sp³-hybridized carbons (Fsp3) is 0.600. The van der Waals surface area contributed by atoms with Gasteiger partial charge in [-0.05, 0) is 38.7 Å². The Morgan fingerprint density at radius 2 is 1.95 bits per heavy atom. The van der Waals surface area contributed by atoms with Crippen LogP contribution in [0.4, 0.5) is 5.00 Å². The molecular weight excluding hydrogens is 290 g/mol. The maximum absolute atomic E-state index is 12.2. The molecule has 0 bridgehead atoms. The zero-order valence-electron chi connectivity index (χ0n) is 12.4. The van der Waals surface area contributed by atoms with Crippen molar-refractivity contribution >= 4 is 28.3 Å². The molecule has 6 heteroatoms. The van der Waals surface area contributed by atoms with E-state index < -0.39 is 11.9 Å². The third-order valence-electron chi connectivity index (χ3n) is 3.60. The van der Waals surface area contributed by atoms with Crippen molar-refractivity contribution in [3.8, 4) is 0 Å². The Morgan fingerprint density at radius 3 is 2.62 bits per heavy atom. The van der Waals surface area contributed by atoms with Gasteiger partial charge in [0.25, 0.3) is 0 Å². The molecule has 5 nitrogen and oxygen atoms in total. The number of carbonyl (C=O) groups excluding carboxylic acids is 2. The van der Waals surface area contributed by atoms with Gasteiger partial charge in [0, 0.05) is 4.88 Å². The van der Waals surface area contributed by atoms with Gasteiger partial charge in [0.2, 0.25) is 0 Å². The summed E-state index contributed by atoms with van der Waals surface area (Å²) in [5.41, 5.74) is 7.12. The number of thiophene rings is 1. The summed E-state index contributed by atoms with van der Waals surface area (Å²) in [6.45, 7) is 4.15. The molecular formula is C15H21NO4S. The molecule has 0 unspecified atom stereocenters. The van der Waals surface area contributed by atoms with Crippen molar-refractivity contribution in [3.05, 3.63) is 16.0 Å². The molecule has 1 aromatic rings. The van der Waals surface area contributed by atoms with Gasteiger partial charge in [-0.3, -0.25) is 4.79 Å². The van der Waals surface area contributed by atoms with Gasteiger partial charge in [0.05, 0.1) is 24.7 Å². The molecule has 0 saturated carbocycles. The second kappa shape index (κ2) is 6.93. The minimum absolute atomic E-state index is 0.274. The average molecular weight is 311 g/mol. The van der Waals surface area contributed by atoms with E-state index in [4.69, 9.17) is 15.2 Å². The van der Waals surface area contributed by atoms with Crippen LogP contribution in [0.25, 0.3) is 0 Å². The molecule has 1 aliphatic rings. The summed E-state index contributed by atoms with van der Waals surface area (Å²) >= 11 is 1.39. The molecule has 1 atom stereocenters. The zero-order chi connectivity index (χ0) is 15.4. The number of nitrogen functional groups attached to an aromatic ring is 1. The highest BCUT2D eigenvalue weighted by molar-refractivity contribution is 7.16. The lowest BCUT2D eigenvalue weighted by molar-refractivity contribution is -0.145. The van der Waals surface area contributed by atoms with E-state index in [0.717, 1.165) is 29.7 Å². The monoisotopic (exact) mass is 311 g/mol. The van der Waals surface area contributed by atoms with Crippen molar-refractivity contribution in [1.29, 1.82) is 0 Å². The van der Waals surface area contributed by atoms with Gasteiger partial charge < -0.3 is 15.2 Å². The van der Waals surface area contributed by atoms with Crippen LogP contribution < -0.4 is 5.73 Å². The van der Waals surface area contributed by atoms with E-state index in [1.807, 2.05) is 0 Å². The van der Waals surface area contributed by atoms with Gasteiger partial charge in [-0.15, -0.1) is 11.3 Å². The Labute approximate surface area is 128 Å². The normalized spacial score (nSPS) is 17.7. The van der Waals surface area contributed by atoms with Crippen LogP contribution in [0.2, 0.25) is 0 Å². The molecule has 0 amide bonds. The van der Waals surface area contributed by atoms with Gasteiger partial charge >= 0.3 is 11.9 Å². The summed E-state index contributed by atoms with van der Waals surface area (Å²) in [4.78, 5) is 25.5. The number of aryl methyl sites for hydroxylation is 1. The van der Waals surface area contributed by atoms with Crippen LogP contribution in [-0.4, -0.2) is 25.2 Å². The highest BCUT2D eigenvalue weighted by Crippen LogP contribution is 2.42. The van der Waals surface area contributed by atoms with Crippen molar-refractivity contribution in [1.82, 2.24) is 0 Å². The maximum atomic E-state index is 12.2. The third-order valence-corrected chi connectivity index (χ3v) is 4.69. The Balaban J connectivity index is 2.47. The maximum Gasteiger partial charge on any atom is 0.341 e. The first-order valence-corrected chi connectivity index (χ1v) is 8.16. The smallest absolute Gasteiger partial charge is 0.341 e. The minimum Gasteiger partial charge on any atom is -0.466 e. The second-order valence-electron chi connectivity index (χ2n) is 4.95. The molecule has 1 aliphatic carbocycles. The van der Waals surface area contributed by atoms with Crippen molar-refractivity contribution in [2.75, 3.05) is 18.9 Å². The Bertz CT molecular complexity index is 538. The van der Waals surface area contributed by atoms with Crippen LogP contribution in [0, 0.1) is 0 Å². The highest BCUT2D eigenvalue weighted by Gasteiger charge is 2.34. The lowest BCUT2D eigenvalue weighted by Crippen LogP contribution is -2.19. The molecule has 1 aromatic heterocycles. The van der Waals surface area contributed by atoms with E-state index in [-0.39, 0.29) is 12.6 Å². The molecule has 2 rings (SSSR count). The lowest BCUT2D eigenvalue weighted by Gasteiger charge is -2.15. The van der Waals surface area contributed by atoms with Gasteiger partial charge in [0.1, 0.15) is 5.00 Å². The van der Waals surface area contributed by atoms with Crippen LogP contribution in [0.1, 0.15) is 59.8 Å². The van der Waals surface area contributed by atoms with E-state index in [9.17, 15) is 9.59 Å². The number of fused-ring (bicyclic) bond motifs is 1. The molecule has 0 spiro atoms. The van der Waals surface area contributed by atoms with E-state index >= 15 is 0 Å². The third kappa shape index (κ3) is 3.20. The molecule has 21 heavy (non-hydrogen) atoms. The van der Waals surface area contributed by atoms with Gasteiger partial charge in [-0.2, -0.15) is 0 Å². The van der Waals surface area contributed by atoms with Gasteiger partial charge in [-0.1, -0.05) is 6.42 Å². The zero-order valence-corrected chi connectivity index (χ0v) is 13.3. The first-order valence-electron chi connectivity index (χ1n) is 7.34. The average Bonchev–Trinajstić information content (AvgIpc) is 2.63. The molecule has 0 radical (unpaired) electrons. The molecule has 0 saturated heterocycles. The summed E-state index contributed by atoms with van der Waals surface area (Å²) in [6.07, 6.45) is 3.46. The van der Waals surface area contributed by atoms with E-state index in [1.54, 1.807) is 13.8 Å². The largest absolute Gasteiger partial charge is 0.466 e. The molecule has 2 N–H and O–H groups in total. The predicted octanol–water partition coefficient (Wildman–Crippen LogP) is 2.88. The summed E-state index contributed by atoms with van der Waals surface area (Å²) in [6, 6.07) is 0. The molecule has 116 valence electrons. The topological polar surface area (TPSA) is 78.6 Å². The standard InChI is InChI=1S/C15H21NO4S/c1-3-19-14(17)9-7-5-6-8-10-11(9)12(13(16)21-10)15(18)20-4-2/h9H,3-8,16H2,1-2H3/t9-/m1/s1. The number of carbonyl (C=O) groups is 2. The number of rotatable bonds is 4. The highest BCUT2D eigenvalue weighted by atomic mass is 32.1. The lowest BCUT2D eigenvalue weighted by atomic mass is 9.93. The molecule has 0 aromatic carbocycles. The van der Waals surface area contributed by atoms with E-state index in [0.29, 0.717) is 23.6 Å². The predicted molar refractivity (Wildman–Crippen MR) is 81.6 cm³/mol. The number of nitrogens with two attached hydrogens (primary N) is 1. The van der Waals surface area contributed by atoms with E-state index in [2.05, 4.69) is 0 Å². The number of esters is 2. The number of hydrogen-bond acceptors (Lipinski definition) is 6. The summed E-state index contributed by atoms with van der Waals surface area (Å²) in [5, 5.41) is 0.439. The van der Waals surface area contributed by atoms with Crippen LogP contribution in [0.15, 0.2) is 0 Å². The summed E-state index contributed by atoms with van der Waals surface area (Å²) in [7, 11) is 0. The fourth-order valence-electron chi connectivity index (χ4n) is 2.74. The molecule has 0 fully saturated rings. The van der Waals surface area contributed by atoms with Gasteiger partial charge in [-0.25, -0.2) is 4.79 Å². The Kier molecular flexibility index (Phi) is 5.22. The molecule has 1 heterocycles. The van der Waals surface area contributed by atoms with E-state index in [1.165, 1.54) is 11.3 Å². The second-order valence-corrected chi connectivity index (χ2v) is 6.09. The Morgan fingerprint density at radius 1 is 1.24 bits per heavy atom. The SMILES string of the molecule is CCOC(=O)c1c(N)sc2c1[C@H](C(=O)OCC)CCCC2. The van der Waals surface area contributed by atoms with Crippen molar-refractivity contribution in [2.24, 2.45) is 0 Å². The van der Waals surface area contributed by atoms with Gasteiger partial charge in [0.15, 0.2) is 0 Å². The number of hydrogen-bond donors (Lipinski definition) is 1. The number of anilines is 1. The summed E-state index contributed by atoms with van der Waals surface area (Å²) in [5.74, 6) is -1.12. The first-order chi connectivity index (χ1) is 10.1. The molecule has 0 aliphatic heterocycles. The fourth-order valence-corrected chi connectivity index (χ4v) is 3.90. The van der Waals surface area contributed by atoms with Crippen LogP contribution >= 0.6 is 11.3 Å². The Hall–Kier alpha value is -1.56. The first kappa shape index (κ1) is 15.8. The number of ether oxygens (including phenoxy) is 2. The van der Waals surface area contributed by atoms with Crippen molar-refractivity contribution in [3.63, 3.8) is 0 Å². The van der Waals surface area contributed by atoms with Crippen LogP contribution in [0.5, 0.6) is 0 Å². The van der Waals surface area contributed by atoms with Crippen LogP contribution in [0.3, 0.4) is 0 Å². The summed E-state index contributed by atoms with van der Waals surface area (Å²) < 4.78 is 10.3.